The molecule has 1 aliphatic heterocycles. The fraction of sp³-hybridized carbons (Fsp3) is 0.136. The van der Waals surface area contributed by atoms with Crippen LogP contribution in [0.2, 0.25) is 0 Å². The van der Waals surface area contributed by atoms with Crippen LogP contribution in [-0.4, -0.2) is 34.9 Å². The molecule has 0 spiro atoms. The fourth-order valence-electron chi connectivity index (χ4n) is 3.13. The van der Waals surface area contributed by atoms with E-state index in [2.05, 4.69) is 16.3 Å². The first-order chi connectivity index (χ1) is 14.3. The minimum Gasteiger partial charge on any atom is -0.486 e. The molecule has 0 aliphatic carbocycles. The van der Waals surface area contributed by atoms with E-state index in [1.807, 2.05) is 36.4 Å². The van der Waals surface area contributed by atoms with Gasteiger partial charge in [0.25, 0.3) is 5.22 Å². The van der Waals surface area contributed by atoms with Gasteiger partial charge in [0.15, 0.2) is 17.3 Å². The van der Waals surface area contributed by atoms with E-state index in [9.17, 15) is 4.79 Å². The molecule has 0 N–H and O–H groups in total. The minimum absolute atomic E-state index is 0.0440. The molecule has 7 heteroatoms. The van der Waals surface area contributed by atoms with Gasteiger partial charge in [-0.15, -0.1) is 10.2 Å². The predicted octanol–water partition coefficient (Wildman–Crippen LogP) is 4.64. The first kappa shape index (κ1) is 17.8. The van der Waals surface area contributed by atoms with Gasteiger partial charge >= 0.3 is 0 Å². The molecular formula is C22H16N2O4S. The minimum atomic E-state index is -0.0440. The van der Waals surface area contributed by atoms with Crippen LogP contribution in [-0.2, 0) is 0 Å². The van der Waals surface area contributed by atoms with Crippen LogP contribution in [0.3, 0.4) is 0 Å². The summed E-state index contributed by atoms with van der Waals surface area (Å²) >= 11 is 1.22. The van der Waals surface area contributed by atoms with Crippen molar-refractivity contribution in [1.29, 1.82) is 0 Å². The Morgan fingerprint density at radius 2 is 1.72 bits per heavy atom. The Hall–Kier alpha value is -3.32. The molecule has 3 aromatic carbocycles. The van der Waals surface area contributed by atoms with Crippen molar-refractivity contribution >= 4 is 28.3 Å². The predicted molar refractivity (Wildman–Crippen MR) is 110 cm³/mol. The molecule has 144 valence electrons. The number of carbonyl (C=O) groups excluding carboxylic acids is 1. The summed E-state index contributed by atoms with van der Waals surface area (Å²) in [5.41, 5.74) is 1.41. The Bertz CT molecular complexity index is 1200. The lowest BCUT2D eigenvalue weighted by molar-refractivity contribution is 0.102. The number of rotatable bonds is 5. The number of fused-ring (bicyclic) bond motifs is 2. The van der Waals surface area contributed by atoms with Gasteiger partial charge in [-0.25, -0.2) is 0 Å². The van der Waals surface area contributed by atoms with Crippen molar-refractivity contribution in [2.75, 3.05) is 19.0 Å². The third-order valence-electron chi connectivity index (χ3n) is 4.59. The zero-order valence-corrected chi connectivity index (χ0v) is 16.1. The highest BCUT2D eigenvalue weighted by molar-refractivity contribution is 7.99. The number of carbonyl (C=O) groups is 1. The van der Waals surface area contributed by atoms with Crippen LogP contribution in [0.25, 0.3) is 22.2 Å². The summed E-state index contributed by atoms with van der Waals surface area (Å²) in [6, 6.07) is 19.3. The van der Waals surface area contributed by atoms with E-state index in [-0.39, 0.29) is 11.5 Å². The largest absolute Gasteiger partial charge is 0.486 e. The summed E-state index contributed by atoms with van der Waals surface area (Å²) in [7, 11) is 0. The van der Waals surface area contributed by atoms with Crippen LogP contribution >= 0.6 is 11.8 Å². The number of ether oxygens (including phenoxy) is 2. The van der Waals surface area contributed by atoms with Crippen LogP contribution in [0, 0.1) is 0 Å². The number of hydrogen-bond acceptors (Lipinski definition) is 7. The number of Topliss-reactive ketones (excluding diaryl/α,β-unsaturated/α-hetero) is 1. The Labute approximate surface area is 170 Å². The average molecular weight is 404 g/mol. The molecule has 29 heavy (non-hydrogen) atoms. The molecule has 1 aliphatic rings. The smallest absolute Gasteiger partial charge is 0.277 e. The number of ketones is 1. The summed E-state index contributed by atoms with van der Waals surface area (Å²) in [5, 5.41) is 10.8. The number of hydrogen-bond donors (Lipinski definition) is 0. The van der Waals surface area contributed by atoms with Gasteiger partial charge in [0.1, 0.15) is 13.2 Å². The quantitative estimate of drug-likeness (QED) is 0.354. The summed E-state index contributed by atoms with van der Waals surface area (Å²) in [6.45, 7) is 1.01. The van der Waals surface area contributed by atoms with Crippen LogP contribution < -0.4 is 9.47 Å². The van der Waals surface area contributed by atoms with Crippen molar-refractivity contribution in [2.45, 2.75) is 5.22 Å². The molecule has 0 saturated heterocycles. The lowest BCUT2D eigenvalue weighted by Crippen LogP contribution is -2.16. The zero-order chi connectivity index (χ0) is 19.6. The second-order valence-corrected chi connectivity index (χ2v) is 7.43. The zero-order valence-electron chi connectivity index (χ0n) is 15.3. The molecule has 0 saturated carbocycles. The highest BCUT2D eigenvalue weighted by Gasteiger charge is 2.17. The standard InChI is InChI=1S/C22H16N2O4S/c25-18(16-7-8-19-20(12-16)27-10-9-26-19)13-29-22-24-23-21(28-22)17-6-5-14-3-1-2-4-15(14)11-17/h1-8,11-12H,9-10,13H2. The third-order valence-corrected chi connectivity index (χ3v) is 5.41. The van der Waals surface area contributed by atoms with E-state index in [4.69, 9.17) is 13.9 Å². The van der Waals surface area contributed by atoms with E-state index >= 15 is 0 Å². The Morgan fingerprint density at radius 3 is 2.62 bits per heavy atom. The van der Waals surface area contributed by atoms with Gasteiger partial charge in [0.05, 0.1) is 5.75 Å². The van der Waals surface area contributed by atoms with Gasteiger partial charge in [-0.2, -0.15) is 0 Å². The summed E-state index contributed by atoms with van der Waals surface area (Å²) < 4.78 is 16.8. The summed E-state index contributed by atoms with van der Waals surface area (Å²) in [6.07, 6.45) is 0. The van der Waals surface area contributed by atoms with Crippen molar-refractivity contribution in [2.24, 2.45) is 0 Å². The lowest BCUT2D eigenvalue weighted by Gasteiger charge is -2.18. The molecule has 0 atom stereocenters. The number of benzene rings is 3. The van der Waals surface area contributed by atoms with E-state index in [1.165, 1.54) is 11.8 Å². The van der Waals surface area contributed by atoms with E-state index in [0.717, 1.165) is 16.3 Å². The van der Waals surface area contributed by atoms with E-state index in [1.54, 1.807) is 18.2 Å². The molecule has 1 aromatic heterocycles. The highest BCUT2D eigenvalue weighted by atomic mass is 32.2. The Balaban J connectivity index is 1.28. The van der Waals surface area contributed by atoms with Gasteiger partial charge in [-0.3, -0.25) is 4.79 Å². The van der Waals surface area contributed by atoms with Gasteiger partial charge in [0.2, 0.25) is 5.89 Å². The van der Waals surface area contributed by atoms with Crippen LogP contribution in [0.4, 0.5) is 0 Å². The van der Waals surface area contributed by atoms with Gasteiger partial charge in [0, 0.05) is 11.1 Å². The molecule has 4 aromatic rings. The van der Waals surface area contributed by atoms with Crippen molar-refractivity contribution in [3.63, 3.8) is 0 Å². The van der Waals surface area contributed by atoms with Crippen LogP contribution in [0.5, 0.6) is 11.5 Å². The van der Waals surface area contributed by atoms with Gasteiger partial charge in [-0.05, 0) is 41.1 Å². The van der Waals surface area contributed by atoms with Crippen molar-refractivity contribution < 1.29 is 18.7 Å². The van der Waals surface area contributed by atoms with Crippen LogP contribution in [0.15, 0.2) is 70.3 Å². The number of nitrogens with zero attached hydrogens (tertiary/aromatic N) is 2. The van der Waals surface area contributed by atoms with Crippen LogP contribution in [0.1, 0.15) is 10.4 Å². The molecule has 5 rings (SSSR count). The molecule has 6 nitrogen and oxygen atoms in total. The Kier molecular flexibility index (Phi) is 4.65. The van der Waals surface area contributed by atoms with Gasteiger partial charge < -0.3 is 13.9 Å². The number of thioether (sulfide) groups is 1. The molecule has 0 unspecified atom stereocenters. The van der Waals surface area contributed by atoms with E-state index < -0.39 is 0 Å². The third kappa shape index (κ3) is 3.69. The van der Waals surface area contributed by atoms with E-state index in [0.29, 0.717) is 41.4 Å². The second kappa shape index (κ2) is 7.60. The monoisotopic (exact) mass is 404 g/mol. The van der Waals surface area contributed by atoms with Gasteiger partial charge in [-0.1, -0.05) is 42.1 Å². The Morgan fingerprint density at radius 1 is 0.897 bits per heavy atom. The van der Waals surface area contributed by atoms with Crippen molar-refractivity contribution in [1.82, 2.24) is 10.2 Å². The second-order valence-electron chi connectivity index (χ2n) is 6.51. The lowest BCUT2D eigenvalue weighted by atomic mass is 10.1. The fourth-order valence-corrected chi connectivity index (χ4v) is 3.79. The summed E-state index contributed by atoms with van der Waals surface area (Å²) in [5.74, 6) is 1.85. The molecular weight excluding hydrogens is 388 g/mol. The molecule has 0 fully saturated rings. The first-order valence-electron chi connectivity index (χ1n) is 9.14. The van der Waals surface area contributed by atoms with Crippen molar-refractivity contribution in [3.05, 3.63) is 66.2 Å². The first-order valence-corrected chi connectivity index (χ1v) is 10.1. The topological polar surface area (TPSA) is 74.5 Å². The average Bonchev–Trinajstić information content (AvgIpc) is 3.26. The molecule has 0 bridgehead atoms. The summed E-state index contributed by atoms with van der Waals surface area (Å²) in [4.78, 5) is 12.5. The van der Waals surface area contributed by atoms with Crippen molar-refractivity contribution in [3.8, 4) is 23.0 Å². The molecule has 2 heterocycles. The molecule has 0 amide bonds. The number of aromatic nitrogens is 2. The maximum atomic E-state index is 12.5. The maximum absolute atomic E-state index is 12.5. The maximum Gasteiger partial charge on any atom is 0.277 e. The normalized spacial score (nSPS) is 12.8. The SMILES string of the molecule is O=C(CSc1nnc(-c2ccc3ccccc3c2)o1)c1ccc2c(c1)OCCO2. The highest BCUT2D eigenvalue weighted by Crippen LogP contribution is 2.32. The molecule has 0 radical (unpaired) electrons.